The second-order valence-electron chi connectivity index (χ2n) is 11.0. The van der Waals surface area contributed by atoms with E-state index in [0.717, 1.165) is 28.0 Å². The van der Waals surface area contributed by atoms with E-state index in [0.29, 0.717) is 22.8 Å². The third-order valence-corrected chi connectivity index (χ3v) is 10.4. The van der Waals surface area contributed by atoms with Crippen LogP contribution in [0.15, 0.2) is 51.2 Å². The molecule has 5 rings (SSSR count). The highest BCUT2D eigenvalue weighted by Gasteiger charge is 2.53. The first-order valence-electron chi connectivity index (χ1n) is 14.4. The molecule has 2 aliphatic rings. The molecule has 4 heterocycles. The summed E-state index contributed by atoms with van der Waals surface area (Å²) >= 11 is 3.33. The minimum atomic E-state index is -1.80. The van der Waals surface area contributed by atoms with E-state index in [2.05, 4.69) is 20.4 Å². The Balaban J connectivity index is 1.40. The van der Waals surface area contributed by atoms with E-state index in [9.17, 15) is 29.4 Å². The van der Waals surface area contributed by atoms with Gasteiger partial charge in [0.25, 0.3) is 11.8 Å². The Bertz CT molecular complexity index is 1930. The van der Waals surface area contributed by atoms with Crippen molar-refractivity contribution in [2.45, 2.75) is 36.0 Å². The predicted molar refractivity (Wildman–Crippen MR) is 181 cm³/mol. The van der Waals surface area contributed by atoms with Crippen molar-refractivity contribution in [3.05, 3.63) is 46.6 Å². The van der Waals surface area contributed by atoms with Gasteiger partial charge in [0.2, 0.25) is 17.2 Å². The first-order chi connectivity index (χ1) is 23.7. The molecule has 1 saturated heterocycles. The maximum atomic E-state index is 13.4. The van der Waals surface area contributed by atoms with Crippen LogP contribution >= 0.6 is 34.9 Å². The summed E-state index contributed by atoms with van der Waals surface area (Å²) < 4.78 is 12.6. The van der Waals surface area contributed by atoms with E-state index < -0.39 is 46.5 Å². The number of nitrogens with two attached hydrogens (primary N) is 3. The summed E-state index contributed by atoms with van der Waals surface area (Å²) in [7, 11) is 2.96. The number of oxime groups is 1. The first kappa shape index (κ1) is 36.0. The number of hydrogen-bond donors (Lipinski definition) is 5. The fraction of sp³-hybridized carbons (Fsp3) is 0.310. The lowest BCUT2D eigenvalue weighted by atomic mass is 10.0. The molecule has 3 aromatic rings. The number of benzene rings is 1. The number of anilines is 3. The number of nitrogens with zero attached hydrogens (tertiary/aromatic N) is 5. The van der Waals surface area contributed by atoms with Gasteiger partial charge in [0.05, 0.1) is 32.0 Å². The van der Waals surface area contributed by atoms with Crippen LogP contribution in [0.1, 0.15) is 19.5 Å². The third kappa shape index (κ3) is 6.91. The number of aromatic nitrogens is 3. The number of methoxy groups -OCH3 is 2. The van der Waals surface area contributed by atoms with Crippen molar-refractivity contribution in [2.24, 2.45) is 5.16 Å². The molecule has 0 bridgehead atoms. The normalized spacial score (nSPS) is 17.5. The van der Waals surface area contributed by atoms with Crippen LogP contribution in [0.3, 0.4) is 0 Å². The number of nitrogens with one attached hydrogen (secondary N) is 1. The number of carboxylic acid groups (broad SMARTS) is 2. The molecule has 2 unspecified atom stereocenters. The number of ether oxygens (including phenoxy) is 2. The number of thiazole rings is 1. The van der Waals surface area contributed by atoms with Gasteiger partial charge >= 0.3 is 11.1 Å². The molecule has 0 spiro atoms. The van der Waals surface area contributed by atoms with Crippen LogP contribution in [0.5, 0.6) is 11.5 Å². The monoisotopic (exact) mass is 745 g/mol. The lowest BCUT2D eigenvalue weighted by Crippen LogP contribution is -2.71. The zero-order valence-electron chi connectivity index (χ0n) is 26.9. The number of nitrogen functional groups attached to an aromatic ring is 3. The number of aliphatic carboxylic acids is 2. The molecule has 1 aromatic carbocycles. The van der Waals surface area contributed by atoms with Crippen molar-refractivity contribution in [2.75, 3.05) is 42.9 Å². The Morgan fingerprint density at radius 1 is 1.20 bits per heavy atom. The molecular formula is C29H31N9O9S3. The lowest BCUT2D eigenvalue weighted by molar-refractivity contribution is -0.626. The number of rotatable bonds is 13. The highest BCUT2D eigenvalue weighted by Crippen LogP contribution is 2.41. The Morgan fingerprint density at radius 2 is 1.88 bits per heavy atom. The van der Waals surface area contributed by atoms with Crippen molar-refractivity contribution >= 4 is 81.1 Å². The molecule has 0 radical (unpaired) electrons. The van der Waals surface area contributed by atoms with Gasteiger partial charge in [-0.15, -0.1) is 23.1 Å². The lowest BCUT2D eigenvalue weighted by Gasteiger charge is -2.50. The van der Waals surface area contributed by atoms with Gasteiger partial charge in [-0.2, -0.15) is 4.57 Å². The van der Waals surface area contributed by atoms with E-state index in [-0.39, 0.29) is 44.8 Å². The summed E-state index contributed by atoms with van der Waals surface area (Å²) in [4.78, 5) is 65.4. The zero-order chi connectivity index (χ0) is 36.5. The summed E-state index contributed by atoms with van der Waals surface area (Å²) in [6, 6.07) is 5.44. The number of thioether (sulfide) groups is 2. The minimum Gasteiger partial charge on any atom is -0.543 e. The van der Waals surface area contributed by atoms with E-state index in [4.69, 9.17) is 31.5 Å². The van der Waals surface area contributed by atoms with Crippen molar-refractivity contribution in [3.63, 3.8) is 0 Å². The quantitative estimate of drug-likeness (QED) is 0.0363. The molecule has 50 heavy (non-hydrogen) atoms. The number of carboxylic acids is 2. The van der Waals surface area contributed by atoms with Crippen molar-refractivity contribution in [3.8, 4) is 17.2 Å². The standard InChI is InChI=1S/C29H31N9O9S3/c1-29(2,26(43)44)47-36-18(13-11-49-27(32)33-13)22(39)35-19-23(40)38-20(25(41)42)12(9-48-24(19)38)10-50-28-34-16(30)8-17(31)37(28)21-14(45-3)6-5-7-15(21)46-4/h5-8,11,19,24H,9-10H2,1-4H3,(H8,30,31,32,33,35,39,41,42,43,44)/b36-18-. The Labute approximate surface area is 296 Å². The Kier molecular flexibility index (Phi) is 10.3. The Morgan fingerprint density at radius 3 is 2.46 bits per heavy atom. The number of β-lactam (4-membered cyclic amide) rings is 1. The van der Waals surface area contributed by atoms with Crippen LogP contribution in [0.2, 0.25) is 0 Å². The number of amides is 2. The average molecular weight is 746 g/mol. The maximum Gasteiger partial charge on any atom is 0.350 e. The van der Waals surface area contributed by atoms with Crippen LogP contribution < -0.4 is 41.7 Å². The van der Waals surface area contributed by atoms with Gasteiger partial charge in [-0.05, 0) is 43.3 Å². The molecule has 2 aromatic heterocycles. The molecule has 21 heteroatoms. The van der Waals surface area contributed by atoms with Crippen molar-refractivity contribution in [1.82, 2.24) is 20.2 Å². The van der Waals surface area contributed by atoms with E-state index >= 15 is 0 Å². The van der Waals surface area contributed by atoms with Gasteiger partial charge in [0.15, 0.2) is 28.0 Å². The summed E-state index contributed by atoms with van der Waals surface area (Å²) in [5.74, 6) is -3.24. The summed E-state index contributed by atoms with van der Waals surface area (Å²) in [5.41, 5.74) is 16.3. The predicted octanol–water partition coefficient (Wildman–Crippen LogP) is -0.641. The summed E-state index contributed by atoms with van der Waals surface area (Å²) in [6.45, 7) is 2.46. The second-order valence-corrected chi connectivity index (χ2v) is 14.0. The smallest absolute Gasteiger partial charge is 0.350 e. The summed E-state index contributed by atoms with van der Waals surface area (Å²) in [5, 5.41) is 29.1. The highest BCUT2D eigenvalue weighted by molar-refractivity contribution is 8.01. The van der Waals surface area contributed by atoms with E-state index in [1.165, 1.54) is 51.3 Å². The molecule has 2 atom stereocenters. The maximum absolute atomic E-state index is 13.4. The highest BCUT2D eigenvalue weighted by atomic mass is 32.2. The fourth-order valence-corrected chi connectivity index (χ4v) is 7.90. The van der Waals surface area contributed by atoms with Gasteiger partial charge in [0.1, 0.15) is 17.1 Å². The number of hydrogen-bond acceptors (Lipinski definition) is 17. The molecule has 264 valence electrons. The van der Waals surface area contributed by atoms with Gasteiger partial charge < -0.3 is 51.8 Å². The molecule has 0 saturated carbocycles. The van der Waals surface area contributed by atoms with Crippen LogP contribution in [-0.2, 0) is 24.0 Å². The number of carbonyl (C=O) groups is 4. The fourth-order valence-electron chi connectivity index (χ4n) is 4.84. The topological polar surface area (TPSA) is 275 Å². The molecular weight excluding hydrogens is 715 g/mol. The SMILES string of the molecule is COc1cccc(OC)c1-[n+]1c(N)cc(N)nc1SCC1=C(C(=O)[O-])N2C(=O)C(NC(=O)/C(=N\OC(C)(C)C(=O)O)c3csc(N)n3)C2SC1. The average Bonchev–Trinajstić information content (AvgIpc) is 3.50. The van der Waals surface area contributed by atoms with Gasteiger partial charge in [-0.25, -0.2) is 9.78 Å². The van der Waals surface area contributed by atoms with E-state index in [1.54, 1.807) is 22.8 Å². The number of carbonyl (C=O) groups excluding carboxylic acids is 3. The van der Waals surface area contributed by atoms with Crippen LogP contribution in [-0.4, -0.2) is 92.2 Å². The first-order valence-corrected chi connectivity index (χ1v) is 17.3. The summed E-state index contributed by atoms with van der Waals surface area (Å²) in [6.07, 6.45) is 0. The second kappa shape index (κ2) is 14.3. The number of fused-ring (bicyclic) bond motifs is 1. The minimum absolute atomic E-state index is 0.0143. The molecule has 1 fully saturated rings. The molecule has 0 aliphatic carbocycles. The largest absolute Gasteiger partial charge is 0.543 e. The Hall–Kier alpha value is -5.28. The molecule has 2 aliphatic heterocycles. The van der Waals surface area contributed by atoms with Crippen molar-refractivity contribution < 1.29 is 48.3 Å². The van der Waals surface area contributed by atoms with Crippen LogP contribution in [0.25, 0.3) is 5.69 Å². The zero-order valence-corrected chi connectivity index (χ0v) is 29.3. The molecule has 8 N–H and O–H groups in total. The number of para-hydroxylation sites is 1. The van der Waals surface area contributed by atoms with Gasteiger partial charge in [0, 0.05) is 16.9 Å². The molecule has 2 amide bonds. The van der Waals surface area contributed by atoms with E-state index in [1.807, 2.05) is 0 Å². The molecule has 18 nitrogen and oxygen atoms in total. The van der Waals surface area contributed by atoms with Crippen LogP contribution in [0, 0.1) is 0 Å². The van der Waals surface area contributed by atoms with Crippen LogP contribution in [0.4, 0.5) is 16.8 Å². The van der Waals surface area contributed by atoms with Crippen molar-refractivity contribution in [1.29, 1.82) is 0 Å². The third-order valence-electron chi connectivity index (χ3n) is 7.36. The van der Waals surface area contributed by atoms with Gasteiger partial charge in [-0.3, -0.25) is 14.5 Å². The van der Waals surface area contributed by atoms with Gasteiger partial charge in [-0.1, -0.05) is 16.2 Å².